The SMILES string of the molecule is CN(C)C1CCN(c2ccc(NC=C3C(=O)Nc4cccc(F)c43)cc2)C1. The van der Waals surface area contributed by atoms with Crippen molar-refractivity contribution >= 4 is 28.5 Å². The summed E-state index contributed by atoms with van der Waals surface area (Å²) in [4.78, 5) is 16.8. The lowest BCUT2D eigenvalue weighted by Gasteiger charge is -2.22. The predicted molar refractivity (Wildman–Crippen MR) is 107 cm³/mol. The van der Waals surface area contributed by atoms with Crippen molar-refractivity contribution in [3.8, 4) is 0 Å². The van der Waals surface area contributed by atoms with Crippen LogP contribution in [0, 0.1) is 5.82 Å². The fourth-order valence-electron chi connectivity index (χ4n) is 3.66. The Morgan fingerprint density at radius 3 is 2.70 bits per heavy atom. The van der Waals surface area contributed by atoms with Crippen LogP contribution < -0.4 is 15.5 Å². The molecule has 2 aromatic carbocycles. The van der Waals surface area contributed by atoms with E-state index in [0.717, 1.165) is 18.8 Å². The molecule has 1 unspecified atom stereocenters. The number of nitrogens with one attached hydrogen (secondary N) is 2. The summed E-state index contributed by atoms with van der Waals surface area (Å²) in [7, 11) is 4.24. The van der Waals surface area contributed by atoms with Crippen molar-refractivity contribution in [3.63, 3.8) is 0 Å². The summed E-state index contributed by atoms with van der Waals surface area (Å²) in [6.07, 6.45) is 2.73. The monoisotopic (exact) mass is 366 g/mol. The number of halogens is 1. The Morgan fingerprint density at radius 2 is 2.00 bits per heavy atom. The molecule has 1 fully saturated rings. The van der Waals surface area contributed by atoms with E-state index in [1.54, 1.807) is 18.3 Å². The van der Waals surface area contributed by atoms with Crippen LogP contribution in [0.3, 0.4) is 0 Å². The Bertz CT molecular complexity index is 892. The predicted octanol–water partition coefficient (Wildman–Crippen LogP) is 3.37. The summed E-state index contributed by atoms with van der Waals surface area (Å²) in [5.41, 5.74) is 3.17. The van der Waals surface area contributed by atoms with Crippen molar-refractivity contribution in [2.24, 2.45) is 0 Å². The highest BCUT2D eigenvalue weighted by atomic mass is 19.1. The minimum Gasteiger partial charge on any atom is -0.370 e. The molecule has 140 valence electrons. The molecule has 2 heterocycles. The number of likely N-dealkylation sites (N-methyl/N-ethyl adjacent to an activating group) is 1. The van der Waals surface area contributed by atoms with Crippen molar-refractivity contribution < 1.29 is 9.18 Å². The minimum absolute atomic E-state index is 0.300. The van der Waals surface area contributed by atoms with Gasteiger partial charge < -0.3 is 20.4 Å². The number of hydrogen-bond acceptors (Lipinski definition) is 4. The normalized spacial score (nSPS) is 20.3. The van der Waals surface area contributed by atoms with Gasteiger partial charge in [0.2, 0.25) is 0 Å². The average molecular weight is 366 g/mol. The minimum atomic E-state index is -0.404. The van der Waals surface area contributed by atoms with Crippen molar-refractivity contribution in [3.05, 3.63) is 60.0 Å². The van der Waals surface area contributed by atoms with Crippen LogP contribution >= 0.6 is 0 Å². The van der Waals surface area contributed by atoms with Gasteiger partial charge in [-0.3, -0.25) is 4.79 Å². The largest absolute Gasteiger partial charge is 0.370 e. The number of benzene rings is 2. The lowest BCUT2D eigenvalue weighted by molar-refractivity contribution is -0.110. The summed E-state index contributed by atoms with van der Waals surface area (Å²) in [5, 5.41) is 5.80. The molecule has 2 aromatic rings. The molecule has 0 spiro atoms. The van der Waals surface area contributed by atoms with Gasteiger partial charge in [-0.15, -0.1) is 0 Å². The first-order valence-corrected chi connectivity index (χ1v) is 9.11. The second-order valence-electron chi connectivity index (χ2n) is 7.22. The first-order valence-electron chi connectivity index (χ1n) is 9.11. The highest BCUT2D eigenvalue weighted by molar-refractivity contribution is 6.31. The van der Waals surface area contributed by atoms with Crippen LogP contribution in [0.1, 0.15) is 12.0 Å². The zero-order valence-electron chi connectivity index (χ0n) is 15.5. The van der Waals surface area contributed by atoms with E-state index in [4.69, 9.17) is 0 Å². The van der Waals surface area contributed by atoms with Crippen LogP contribution in [-0.2, 0) is 4.79 Å². The van der Waals surface area contributed by atoms with Gasteiger partial charge in [0.15, 0.2) is 0 Å². The Kier molecular flexibility index (Phi) is 4.58. The van der Waals surface area contributed by atoms with Crippen molar-refractivity contribution in [2.75, 3.05) is 42.7 Å². The Balaban J connectivity index is 1.47. The molecule has 2 aliphatic rings. The van der Waals surface area contributed by atoms with E-state index in [-0.39, 0.29) is 5.91 Å². The maximum Gasteiger partial charge on any atom is 0.257 e. The van der Waals surface area contributed by atoms with Gasteiger partial charge in [-0.05, 0) is 56.9 Å². The molecule has 0 radical (unpaired) electrons. The van der Waals surface area contributed by atoms with E-state index in [1.807, 2.05) is 12.1 Å². The van der Waals surface area contributed by atoms with Crippen LogP contribution in [0.25, 0.3) is 5.57 Å². The Morgan fingerprint density at radius 1 is 1.22 bits per heavy atom. The summed E-state index contributed by atoms with van der Waals surface area (Å²) >= 11 is 0. The van der Waals surface area contributed by atoms with Gasteiger partial charge >= 0.3 is 0 Å². The van der Waals surface area contributed by atoms with Gasteiger partial charge in [-0.2, -0.15) is 0 Å². The molecule has 2 aliphatic heterocycles. The second-order valence-corrected chi connectivity index (χ2v) is 7.22. The van der Waals surface area contributed by atoms with Gasteiger partial charge in [0.25, 0.3) is 5.91 Å². The van der Waals surface area contributed by atoms with Crippen molar-refractivity contribution in [1.82, 2.24) is 4.90 Å². The van der Waals surface area contributed by atoms with Gasteiger partial charge in [0.05, 0.1) is 11.3 Å². The first kappa shape index (κ1) is 17.5. The molecule has 1 atom stereocenters. The highest BCUT2D eigenvalue weighted by Gasteiger charge is 2.27. The number of fused-ring (bicyclic) bond motifs is 1. The number of nitrogens with zero attached hydrogens (tertiary/aromatic N) is 2. The topological polar surface area (TPSA) is 47.6 Å². The third-order valence-corrected chi connectivity index (χ3v) is 5.29. The number of amides is 1. The molecule has 0 saturated carbocycles. The van der Waals surface area contributed by atoms with E-state index in [9.17, 15) is 9.18 Å². The molecular weight excluding hydrogens is 343 g/mol. The first-order chi connectivity index (χ1) is 13.0. The van der Waals surface area contributed by atoms with Crippen LogP contribution in [0.2, 0.25) is 0 Å². The number of carbonyl (C=O) groups excluding carboxylic acids is 1. The van der Waals surface area contributed by atoms with Gasteiger partial charge in [0, 0.05) is 42.3 Å². The Labute approximate surface area is 158 Å². The standard InChI is InChI=1S/C21H23FN4O/c1-25(2)16-10-11-26(13-16)15-8-6-14(7-9-15)23-12-17-20-18(22)4-3-5-19(20)24-21(17)27/h3-9,12,16,23H,10-11,13H2,1-2H3,(H,24,27). The maximum atomic E-state index is 14.1. The molecule has 0 aliphatic carbocycles. The molecule has 5 nitrogen and oxygen atoms in total. The quantitative estimate of drug-likeness (QED) is 0.815. The maximum absolute atomic E-state index is 14.1. The lowest BCUT2D eigenvalue weighted by Crippen LogP contribution is -2.31. The second kappa shape index (κ2) is 7.04. The number of carbonyl (C=O) groups is 1. The third kappa shape index (κ3) is 3.40. The van der Waals surface area contributed by atoms with Crippen LogP contribution in [0.5, 0.6) is 0 Å². The summed E-state index contributed by atoms with van der Waals surface area (Å²) in [5.74, 6) is -0.704. The molecule has 1 saturated heterocycles. The zero-order chi connectivity index (χ0) is 19.0. The molecule has 0 bridgehead atoms. The fourth-order valence-corrected chi connectivity index (χ4v) is 3.66. The highest BCUT2D eigenvalue weighted by Crippen LogP contribution is 2.33. The van der Waals surface area contributed by atoms with E-state index < -0.39 is 5.82 Å². The number of hydrogen-bond donors (Lipinski definition) is 2. The molecule has 4 rings (SSSR count). The van der Waals surface area contributed by atoms with Gasteiger partial charge in [-0.25, -0.2) is 4.39 Å². The fraction of sp³-hybridized carbons (Fsp3) is 0.286. The molecule has 6 heteroatoms. The molecular formula is C21H23FN4O. The van der Waals surface area contributed by atoms with Crippen molar-refractivity contribution in [1.29, 1.82) is 0 Å². The third-order valence-electron chi connectivity index (χ3n) is 5.29. The van der Waals surface area contributed by atoms with Crippen molar-refractivity contribution in [2.45, 2.75) is 12.5 Å². The molecule has 1 amide bonds. The Hall–Kier alpha value is -2.86. The van der Waals surface area contributed by atoms with Crippen LogP contribution in [0.15, 0.2) is 48.7 Å². The lowest BCUT2D eigenvalue weighted by atomic mass is 10.1. The summed E-state index contributed by atoms with van der Waals surface area (Å²) in [6.45, 7) is 2.08. The summed E-state index contributed by atoms with van der Waals surface area (Å²) in [6, 6.07) is 13.3. The van der Waals surface area contributed by atoms with E-state index in [1.165, 1.54) is 18.2 Å². The zero-order valence-corrected chi connectivity index (χ0v) is 15.5. The van der Waals surface area contributed by atoms with Crippen LogP contribution in [-0.4, -0.2) is 44.0 Å². The van der Waals surface area contributed by atoms with Gasteiger partial charge in [-0.1, -0.05) is 6.07 Å². The molecule has 0 aromatic heterocycles. The summed E-state index contributed by atoms with van der Waals surface area (Å²) < 4.78 is 14.1. The number of rotatable bonds is 4. The molecule has 27 heavy (non-hydrogen) atoms. The smallest absolute Gasteiger partial charge is 0.257 e. The number of anilines is 3. The van der Waals surface area contributed by atoms with E-state index in [0.29, 0.717) is 22.9 Å². The van der Waals surface area contributed by atoms with Crippen LogP contribution in [0.4, 0.5) is 21.5 Å². The average Bonchev–Trinajstić information content (AvgIpc) is 3.26. The van der Waals surface area contributed by atoms with E-state index in [2.05, 4.69) is 46.7 Å². The van der Waals surface area contributed by atoms with Gasteiger partial charge in [0.1, 0.15) is 5.82 Å². The molecule has 2 N–H and O–H groups in total. The van der Waals surface area contributed by atoms with E-state index >= 15 is 0 Å².